The summed E-state index contributed by atoms with van der Waals surface area (Å²) in [6, 6.07) is 41.0. The number of benzene rings is 6. The first kappa shape index (κ1) is 97.7. The maximum absolute atomic E-state index is 7.48. The van der Waals surface area contributed by atoms with Crippen molar-refractivity contribution in [1.29, 1.82) is 0 Å². The molecular weight excluding hydrogens is 1430 g/mol. The molecular formula is C111H156O6. The second kappa shape index (κ2) is 56.4. The molecule has 0 heterocycles. The Morgan fingerprint density at radius 1 is 0.171 bits per heavy atom. The zero-order chi connectivity index (χ0) is 84.5. The number of hydrogen-bond acceptors (Lipinski definition) is 6. The van der Waals surface area contributed by atoms with Crippen LogP contribution < -0.4 is 28.4 Å². The van der Waals surface area contributed by atoms with Gasteiger partial charge in [0.2, 0.25) is 0 Å². The van der Waals surface area contributed by atoms with Gasteiger partial charge in [-0.05, 0) is 237 Å². The van der Waals surface area contributed by atoms with Gasteiger partial charge < -0.3 is 28.4 Å². The van der Waals surface area contributed by atoms with Gasteiger partial charge in [0, 0.05) is 27.8 Å². The molecule has 6 heteroatoms. The normalized spacial score (nSPS) is 13.1. The Morgan fingerprint density at radius 2 is 0.325 bits per heavy atom. The molecule has 6 aromatic rings. The molecule has 0 radical (unpaired) electrons. The Hall–Kier alpha value is -8.08. The SMILES string of the molecule is CC(C)CCCC(C)CCCC(C)CCOc1c(C#Cc2ccc(OCCC(C)CCCC(C)C)cc2)c(C#Cc2ccc(OCCC(C)CCCC(C)C)cc2)c(C#Cc2ccc(OCCC(C)CCCC(C)C)cc2)c(C#Cc2ccc(OCCC(C)CCCC(C)C)cc2)c1C#Cc1ccc(OCCC(C)CCCC(C)C)cc1. The molecule has 0 aliphatic carbocycles. The van der Waals surface area contributed by atoms with Crippen LogP contribution in [0.1, 0.15) is 361 Å². The summed E-state index contributed by atoms with van der Waals surface area (Å²) in [6.07, 6.45) is 31.8. The van der Waals surface area contributed by atoms with Gasteiger partial charge in [-0.2, -0.15) is 0 Å². The Balaban J connectivity index is 1.60. The van der Waals surface area contributed by atoms with Crippen LogP contribution in [-0.4, -0.2) is 39.6 Å². The van der Waals surface area contributed by atoms with Crippen LogP contribution >= 0.6 is 0 Å². The van der Waals surface area contributed by atoms with E-state index in [9.17, 15) is 0 Å². The van der Waals surface area contributed by atoms with Crippen LogP contribution in [0.2, 0.25) is 0 Å². The Labute approximate surface area is 716 Å². The van der Waals surface area contributed by atoms with Crippen molar-refractivity contribution in [3.8, 4) is 93.7 Å². The van der Waals surface area contributed by atoms with Crippen LogP contribution in [0.3, 0.4) is 0 Å². The lowest BCUT2D eigenvalue weighted by Gasteiger charge is -2.19. The van der Waals surface area contributed by atoms with E-state index in [0.29, 0.717) is 115 Å². The van der Waals surface area contributed by atoms with Crippen LogP contribution in [0.5, 0.6) is 34.5 Å². The molecule has 0 N–H and O–H groups in total. The smallest absolute Gasteiger partial charge is 0.153 e. The largest absolute Gasteiger partial charge is 0.494 e. The van der Waals surface area contributed by atoms with E-state index >= 15 is 0 Å². The summed E-state index contributed by atoms with van der Waals surface area (Å²) in [5.41, 5.74) is 7.09. The third-order valence-electron chi connectivity index (χ3n) is 22.9. The van der Waals surface area contributed by atoms with Gasteiger partial charge in [-0.1, -0.05) is 326 Å². The van der Waals surface area contributed by atoms with E-state index in [0.717, 1.165) is 137 Å². The lowest BCUT2D eigenvalue weighted by Crippen LogP contribution is -2.10. The summed E-state index contributed by atoms with van der Waals surface area (Å²) in [5.74, 6) is 50.1. The van der Waals surface area contributed by atoms with E-state index in [1.165, 1.54) is 128 Å². The molecule has 0 aliphatic rings. The van der Waals surface area contributed by atoms with Crippen molar-refractivity contribution in [3.63, 3.8) is 0 Å². The highest BCUT2D eigenvalue weighted by molar-refractivity contribution is 5.78. The first-order chi connectivity index (χ1) is 56.3. The van der Waals surface area contributed by atoms with Gasteiger partial charge in [-0.3, -0.25) is 0 Å². The van der Waals surface area contributed by atoms with Crippen LogP contribution in [0.15, 0.2) is 121 Å². The minimum absolute atomic E-state index is 0.401. The topological polar surface area (TPSA) is 55.4 Å². The lowest BCUT2D eigenvalue weighted by atomic mass is 9.89. The van der Waals surface area contributed by atoms with Crippen molar-refractivity contribution in [2.24, 2.45) is 76.9 Å². The quantitative estimate of drug-likeness (QED) is 0.0355. The third-order valence-corrected chi connectivity index (χ3v) is 22.9. The van der Waals surface area contributed by atoms with Crippen molar-refractivity contribution in [1.82, 2.24) is 0 Å². The Morgan fingerprint density at radius 3 is 0.513 bits per heavy atom. The van der Waals surface area contributed by atoms with Gasteiger partial charge in [0.15, 0.2) is 5.75 Å². The summed E-state index contributed by atoms with van der Waals surface area (Å²) >= 11 is 0. The monoisotopic (exact) mass is 1590 g/mol. The van der Waals surface area contributed by atoms with Gasteiger partial charge in [-0.15, -0.1) is 0 Å². The summed E-state index contributed by atoms with van der Waals surface area (Å²) < 4.78 is 39.6. The fourth-order valence-electron chi connectivity index (χ4n) is 14.7. The van der Waals surface area contributed by atoms with E-state index in [-0.39, 0.29) is 0 Å². The van der Waals surface area contributed by atoms with Gasteiger partial charge in [0.1, 0.15) is 28.7 Å². The molecule has 6 nitrogen and oxygen atoms in total. The van der Waals surface area contributed by atoms with Crippen molar-refractivity contribution in [3.05, 3.63) is 177 Å². The second-order valence-corrected chi connectivity index (χ2v) is 37.5. The van der Waals surface area contributed by atoms with E-state index in [4.69, 9.17) is 28.4 Å². The number of ether oxygens (including phenoxy) is 6. The minimum Gasteiger partial charge on any atom is -0.494 e. The molecule has 0 saturated carbocycles. The summed E-state index contributed by atoms with van der Waals surface area (Å²) in [7, 11) is 0. The van der Waals surface area contributed by atoms with Crippen molar-refractivity contribution in [2.75, 3.05) is 39.6 Å². The first-order valence-electron chi connectivity index (χ1n) is 46.4. The Bertz CT molecular complexity index is 3840. The molecule has 0 amide bonds. The van der Waals surface area contributed by atoms with E-state index < -0.39 is 0 Å². The fraction of sp³-hybridized carbons (Fsp3) is 0.586. The molecule has 0 aromatic heterocycles. The van der Waals surface area contributed by atoms with Gasteiger partial charge in [0.25, 0.3) is 0 Å². The molecule has 6 rings (SSSR count). The number of rotatable bonds is 52. The van der Waals surface area contributed by atoms with Crippen molar-refractivity contribution < 1.29 is 28.4 Å². The van der Waals surface area contributed by atoms with Crippen LogP contribution in [0.25, 0.3) is 0 Å². The lowest BCUT2D eigenvalue weighted by molar-refractivity contribution is 0.273. The van der Waals surface area contributed by atoms with Crippen molar-refractivity contribution >= 4 is 0 Å². The predicted molar refractivity (Wildman–Crippen MR) is 499 cm³/mol. The molecule has 7 unspecified atom stereocenters. The second-order valence-electron chi connectivity index (χ2n) is 37.5. The molecule has 117 heavy (non-hydrogen) atoms. The van der Waals surface area contributed by atoms with E-state index in [1.54, 1.807) is 0 Å². The molecule has 7 atom stereocenters. The maximum Gasteiger partial charge on any atom is 0.153 e. The maximum atomic E-state index is 7.48. The predicted octanol–water partition coefficient (Wildman–Crippen LogP) is 29.9. The average Bonchev–Trinajstić information content (AvgIpc) is 0.762. The summed E-state index contributed by atoms with van der Waals surface area (Å²) in [4.78, 5) is 0. The summed E-state index contributed by atoms with van der Waals surface area (Å²) in [5, 5.41) is 0. The molecule has 0 fully saturated rings. The van der Waals surface area contributed by atoms with E-state index in [1.807, 2.05) is 60.7 Å². The van der Waals surface area contributed by atoms with Crippen molar-refractivity contribution in [2.45, 2.75) is 305 Å². The Kier molecular flexibility index (Phi) is 47.1. The molecule has 636 valence electrons. The molecule has 6 aromatic carbocycles. The zero-order valence-electron chi connectivity index (χ0n) is 76.8. The highest BCUT2D eigenvalue weighted by atomic mass is 16.5. The van der Waals surface area contributed by atoms with Gasteiger partial charge >= 0.3 is 0 Å². The molecule has 0 spiro atoms. The third kappa shape index (κ3) is 42.4. The molecule has 0 saturated heterocycles. The van der Waals surface area contributed by atoms with E-state index in [2.05, 4.69) is 251 Å². The minimum atomic E-state index is 0.401. The highest BCUT2D eigenvalue weighted by Gasteiger charge is 2.24. The molecule has 0 aliphatic heterocycles. The standard InChI is InChI=1S/C111H156O6/c1-83(2)27-20-33-89(13)39-26-40-95(19)76-82-117-111-109(69-54-99-47-62-104(63-48-99)115-80-74-93(17)37-24-31-87(9)10)107(67-52-97-43-58-102(59-44-97)113-78-72-91(15)35-22-29-85(5)6)106(66-51-96-41-56-101(57-42-96)112-77-71-90(14)34-21-28-84(3)4)108(68-53-98-45-60-103(61-46-98)114-79-73-92(16)36-23-30-86(7)8)110(111)70-55-100-49-64-105(65-50-100)116-81-75-94(18)38-25-32-88(11)12/h41-50,56-65,83-95H,20-40,71-82H2,1-19H3. The fourth-order valence-corrected chi connectivity index (χ4v) is 14.7. The zero-order valence-corrected chi connectivity index (χ0v) is 76.8. The van der Waals surface area contributed by atoms with Gasteiger partial charge in [0.05, 0.1) is 67.5 Å². The van der Waals surface area contributed by atoms with Gasteiger partial charge in [-0.25, -0.2) is 0 Å². The average molecular weight is 1590 g/mol. The number of hydrogen-bond donors (Lipinski definition) is 0. The summed E-state index contributed by atoms with van der Waals surface area (Å²) in [6.45, 7) is 48.0. The van der Waals surface area contributed by atoms with Crippen LogP contribution in [0, 0.1) is 136 Å². The first-order valence-corrected chi connectivity index (χ1v) is 46.4. The molecule has 0 bridgehead atoms. The van der Waals surface area contributed by atoms with Crippen LogP contribution in [0.4, 0.5) is 0 Å². The highest BCUT2D eigenvalue weighted by Crippen LogP contribution is 2.36. The van der Waals surface area contributed by atoms with Crippen LogP contribution in [-0.2, 0) is 0 Å².